The minimum atomic E-state index is -0.262. The highest BCUT2D eigenvalue weighted by molar-refractivity contribution is 5.75. The highest BCUT2D eigenvalue weighted by atomic mass is 16.3. The Balaban J connectivity index is 2.02. The number of hydrogen-bond acceptors (Lipinski definition) is 5. The molecule has 0 saturated carbocycles. The number of nitrogens with one attached hydrogen (secondary N) is 1. The number of rotatable bonds is 5. The highest BCUT2D eigenvalue weighted by Gasteiger charge is 2.08. The van der Waals surface area contributed by atoms with Gasteiger partial charge in [-0.2, -0.15) is 4.80 Å². The molecular weight excluding hydrogens is 246 g/mol. The van der Waals surface area contributed by atoms with Gasteiger partial charge in [-0.1, -0.05) is 29.8 Å². The maximum atomic E-state index is 11.4. The number of aryl methyl sites for hydroxylation is 1. The van der Waals surface area contributed by atoms with Crippen LogP contribution in [0.1, 0.15) is 5.56 Å². The molecule has 7 nitrogen and oxygen atoms in total. The summed E-state index contributed by atoms with van der Waals surface area (Å²) >= 11 is 0. The minimum Gasteiger partial charge on any atom is -0.395 e. The van der Waals surface area contributed by atoms with E-state index in [0.29, 0.717) is 5.82 Å². The Hall–Kier alpha value is -2.28. The van der Waals surface area contributed by atoms with Gasteiger partial charge in [0.05, 0.1) is 6.61 Å². The van der Waals surface area contributed by atoms with Crippen LogP contribution in [0.4, 0.5) is 0 Å². The Kier molecular flexibility index (Phi) is 4.19. The molecule has 7 heteroatoms. The lowest BCUT2D eigenvalue weighted by molar-refractivity contribution is -0.122. The van der Waals surface area contributed by atoms with E-state index in [1.54, 1.807) is 0 Å². The number of tetrazole rings is 1. The van der Waals surface area contributed by atoms with Crippen molar-refractivity contribution in [1.29, 1.82) is 0 Å². The van der Waals surface area contributed by atoms with E-state index in [1.807, 2.05) is 31.2 Å². The fraction of sp³-hybridized carbons (Fsp3) is 0.333. The smallest absolute Gasteiger partial charge is 0.243 e. The van der Waals surface area contributed by atoms with Crippen molar-refractivity contribution < 1.29 is 9.90 Å². The number of aromatic nitrogens is 4. The second-order valence-electron chi connectivity index (χ2n) is 4.08. The molecule has 2 N–H and O–H groups in total. The molecule has 1 aromatic heterocycles. The molecule has 1 amide bonds. The third kappa shape index (κ3) is 3.59. The van der Waals surface area contributed by atoms with Crippen LogP contribution < -0.4 is 5.32 Å². The number of amides is 1. The van der Waals surface area contributed by atoms with Crippen LogP contribution in [0, 0.1) is 6.92 Å². The van der Waals surface area contributed by atoms with Crippen LogP contribution in [0.25, 0.3) is 11.4 Å². The quantitative estimate of drug-likeness (QED) is 0.774. The van der Waals surface area contributed by atoms with E-state index in [0.717, 1.165) is 11.1 Å². The number of benzene rings is 1. The molecule has 19 heavy (non-hydrogen) atoms. The first kappa shape index (κ1) is 13.2. The summed E-state index contributed by atoms with van der Waals surface area (Å²) in [5.41, 5.74) is 2.01. The number of aliphatic hydroxyl groups excluding tert-OH is 1. The third-order valence-electron chi connectivity index (χ3n) is 2.48. The lowest BCUT2D eigenvalue weighted by Gasteiger charge is -2.00. The van der Waals surface area contributed by atoms with E-state index < -0.39 is 0 Å². The van der Waals surface area contributed by atoms with Crippen molar-refractivity contribution in [3.05, 3.63) is 29.8 Å². The van der Waals surface area contributed by atoms with Gasteiger partial charge in [-0.05, 0) is 12.1 Å². The molecule has 100 valence electrons. The van der Waals surface area contributed by atoms with Gasteiger partial charge in [0.2, 0.25) is 11.7 Å². The maximum absolute atomic E-state index is 11.4. The van der Waals surface area contributed by atoms with Crippen LogP contribution in [0.15, 0.2) is 24.3 Å². The Morgan fingerprint density at radius 3 is 2.79 bits per heavy atom. The molecule has 0 spiro atoms. The predicted octanol–water partition coefficient (Wildman–Crippen LogP) is -0.243. The predicted molar refractivity (Wildman–Crippen MR) is 68.1 cm³/mol. The van der Waals surface area contributed by atoms with Crippen molar-refractivity contribution >= 4 is 5.91 Å². The van der Waals surface area contributed by atoms with Crippen molar-refractivity contribution in [3.8, 4) is 11.4 Å². The molecule has 1 aromatic carbocycles. The van der Waals surface area contributed by atoms with Gasteiger partial charge in [0.1, 0.15) is 6.54 Å². The fourth-order valence-corrected chi connectivity index (χ4v) is 1.51. The van der Waals surface area contributed by atoms with Crippen LogP contribution >= 0.6 is 0 Å². The van der Waals surface area contributed by atoms with Gasteiger partial charge in [-0.3, -0.25) is 4.79 Å². The first-order valence-electron chi connectivity index (χ1n) is 5.91. The fourth-order valence-electron chi connectivity index (χ4n) is 1.51. The minimum absolute atomic E-state index is 0.0150. The van der Waals surface area contributed by atoms with E-state index in [2.05, 4.69) is 20.7 Å². The van der Waals surface area contributed by atoms with E-state index in [4.69, 9.17) is 5.11 Å². The standard InChI is InChI=1S/C12H15N5O2/c1-9-2-4-10(5-3-9)12-14-16-17(15-12)8-11(19)13-6-7-18/h2-5,18H,6-8H2,1H3,(H,13,19). The van der Waals surface area contributed by atoms with Gasteiger partial charge < -0.3 is 10.4 Å². The Labute approximate surface area is 110 Å². The zero-order valence-electron chi connectivity index (χ0n) is 10.6. The number of carbonyl (C=O) groups is 1. The zero-order chi connectivity index (χ0) is 13.7. The van der Waals surface area contributed by atoms with Gasteiger partial charge in [-0.15, -0.1) is 10.2 Å². The van der Waals surface area contributed by atoms with Crippen molar-refractivity contribution in [3.63, 3.8) is 0 Å². The number of carbonyl (C=O) groups excluding carboxylic acids is 1. The van der Waals surface area contributed by atoms with E-state index in [-0.39, 0.29) is 25.6 Å². The van der Waals surface area contributed by atoms with Crippen LogP contribution in [0.3, 0.4) is 0 Å². The van der Waals surface area contributed by atoms with Crippen LogP contribution in [-0.2, 0) is 11.3 Å². The molecule has 0 atom stereocenters. The summed E-state index contributed by atoms with van der Waals surface area (Å²) in [4.78, 5) is 12.6. The second-order valence-corrected chi connectivity index (χ2v) is 4.08. The largest absolute Gasteiger partial charge is 0.395 e. The van der Waals surface area contributed by atoms with Gasteiger partial charge in [0.15, 0.2) is 0 Å². The SMILES string of the molecule is Cc1ccc(-c2nnn(CC(=O)NCCO)n2)cc1. The van der Waals surface area contributed by atoms with Crippen LogP contribution in [0.2, 0.25) is 0 Å². The number of nitrogens with zero attached hydrogens (tertiary/aromatic N) is 4. The molecule has 0 aliphatic carbocycles. The molecule has 0 aliphatic rings. The summed E-state index contributed by atoms with van der Waals surface area (Å²) in [5.74, 6) is 0.219. The Bertz CT molecular complexity index is 550. The van der Waals surface area contributed by atoms with Crippen molar-refractivity contribution in [2.45, 2.75) is 13.5 Å². The summed E-state index contributed by atoms with van der Waals surface area (Å²) in [5, 5.41) is 23.0. The van der Waals surface area contributed by atoms with E-state index >= 15 is 0 Å². The van der Waals surface area contributed by atoms with Gasteiger partial charge in [-0.25, -0.2) is 0 Å². The molecule has 1 heterocycles. The molecule has 0 bridgehead atoms. The molecule has 0 saturated heterocycles. The lowest BCUT2D eigenvalue weighted by Crippen LogP contribution is -2.30. The Morgan fingerprint density at radius 2 is 2.11 bits per heavy atom. The molecule has 0 fully saturated rings. The monoisotopic (exact) mass is 261 g/mol. The van der Waals surface area contributed by atoms with Crippen LogP contribution in [-0.4, -0.2) is 44.4 Å². The second kappa shape index (κ2) is 6.05. The van der Waals surface area contributed by atoms with Gasteiger partial charge >= 0.3 is 0 Å². The van der Waals surface area contributed by atoms with E-state index in [9.17, 15) is 4.79 Å². The lowest BCUT2D eigenvalue weighted by atomic mass is 10.1. The van der Waals surface area contributed by atoms with Crippen LogP contribution in [0.5, 0.6) is 0 Å². The summed E-state index contributed by atoms with van der Waals surface area (Å²) in [6.45, 7) is 2.11. The van der Waals surface area contributed by atoms with Crippen molar-refractivity contribution in [2.75, 3.05) is 13.2 Å². The molecule has 2 aromatic rings. The number of hydrogen-bond donors (Lipinski definition) is 2. The first-order chi connectivity index (χ1) is 9.19. The molecule has 0 radical (unpaired) electrons. The first-order valence-corrected chi connectivity index (χ1v) is 5.91. The normalized spacial score (nSPS) is 10.4. The maximum Gasteiger partial charge on any atom is 0.243 e. The van der Waals surface area contributed by atoms with E-state index in [1.165, 1.54) is 4.80 Å². The summed E-state index contributed by atoms with van der Waals surface area (Å²) in [7, 11) is 0. The van der Waals surface area contributed by atoms with Gasteiger partial charge in [0, 0.05) is 12.1 Å². The van der Waals surface area contributed by atoms with Gasteiger partial charge in [0.25, 0.3) is 0 Å². The molecular formula is C12H15N5O2. The summed E-state index contributed by atoms with van der Waals surface area (Å²) < 4.78 is 0. The third-order valence-corrected chi connectivity index (χ3v) is 2.48. The van der Waals surface area contributed by atoms with Crippen molar-refractivity contribution in [1.82, 2.24) is 25.5 Å². The topological polar surface area (TPSA) is 92.9 Å². The highest BCUT2D eigenvalue weighted by Crippen LogP contribution is 2.13. The summed E-state index contributed by atoms with van der Waals surface area (Å²) in [6.07, 6.45) is 0. The molecule has 0 aliphatic heterocycles. The van der Waals surface area contributed by atoms with Crippen molar-refractivity contribution in [2.24, 2.45) is 0 Å². The average molecular weight is 261 g/mol. The molecule has 2 rings (SSSR count). The zero-order valence-corrected chi connectivity index (χ0v) is 10.6. The average Bonchev–Trinajstić information content (AvgIpc) is 2.85. The molecule has 0 unspecified atom stereocenters. The Morgan fingerprint density at radius 1 is 1.37 bits per heavy atom. The number of aliphatic hydroxyl groups is 1. The summed E-state index contributed by atoms with van der Waals surface area (Å²) in [6, 6.07) is 7.74.